The minimum Gasteiger partial charge on any atom is -0.493 e. The Morgan fingerprint density at radius 2 is 1.62 bits per heavy atom. The van der Waals surface area contributed by atoms with Crippen LogP contribution in [0.3, 0.4) is 0 Å². The maximum absolute atomic E-state index is 5.49. The van der Waals surface area contributed by atoms with E-state index in [1.807, 2.05) is 12.1 Å². The molecule has 120 valence electrons. The first-order chi connectivity index (χ1) is 9.87. The summed E-state index contributed by atoms with van der Waals surface area (Å²) in [5.74, 6) is 2.67. The van der Waals surface area contributed by atoms with Crippen LogP contribution in [0.15, 0.2) is 12.1 Å². The molecule has 0 saturated carbocycles. The van der Waals surface area contributed by atoms with Crippen LogP contribution < -0.4 is 19.5 Å². The molecule has 0 unspecified atom stereocenters. The van der Waals surface area contributed by atoms with Crippen LogP contribution in [0.4, 0.5) is 0 Å². The van der Waals surface area contributed by atoms with Gasteiger partial charge in [-0.1, -0.05) is 33.8 Å². The van der Waals surface area contributed by atoms with Crippen molar-refractivity contribution in [3.63, 3.8) is 0 Å². The topological polar surface area (TPSA) is 39.7 Å². The van der Waals surface area contributed by atoms with Gasteiger partial charge in [-0.25, -0.2) is 0 Å². The Bertz CT molecular complexity index is 456. The molecule has 21 heavy (non-hydrogen) atoms. The molecule has 1 aromatic carbocycles. The molecule has 0 aliphatic rings. The molecule has 0 fully saturated rings. The van der Waals surface area contributed by atoms with Crippen molar-refractivity contribution < 1.29 is 14.2 Å². The monoisotopic (exact) mass is 295 g/mol. The molecule has 0 radical (unpaired) electrons. The van der Waals surface area contributed by atoms with E-state index in [1.54, 1.807) is 21.3 Å². The Morgan fingerprint density at radius 1 is 1.00 bits per heavy atom. The van der Waals surface area contributed by atoms with Crippen molar-refractivity contribution >= 4 is 0 Å². The largest absolute Gasteiger partial charge is 0.493 e. The molecule has 1 rings (SSSR count). The summed E-state index contributed by atoms with van der Waals surface area (Å²) >= 11 is 0. The number of nitrogens with one attached hydrogen (secondary N) is 1. The second-order valence-electron chi connectivity index (χ2n) is 6.24. The number of benzene rings is 1. The third-order valence-corrected chi connectivity index (χ3v) is 4.24. The predicted octanol–water partition coefficient (Wildman–Crippen LogP) is 3.48. The highest BCUT2D eigenvalue weighted by Crippen LogP contribution is 2.39. The van der Waals surface area contributed by atoms with Crippen molar-refractivity contribution in [2.24, 2.45) is 11.3 Å². The van der Waals surface area contributed by atoms with Crippen molar-refractivity contribution in [2.45, 2.75) is 34.2 Å². The Kier molecular flexibility index (Phi) is 6.34. The number of rotatable bonds is 8. The molecular weight excluding hydrogens is 266 g/mol. The molecule has 4 nitrogen and oxygen atoms in total. The third-order valence-electron chi connectivity index (χ3n) is 4.24. The van der Waals surface area contributed by atoms with Gasteiger partial charge < -0.3 is 19.5 Å². The van der Waals surface area contributed by atoms with Gasteiger partial charge in [0.15, 0.2) is 11.5 Å². The summed E-state index contributed by atoms with van der Waals surface area (Å²) in [6.07, 6.45) is 0. The molecule has 0 spiro atoms. The summed E-state index contributed by atoms with van der Waals surface area (Å²) in [6.45, 7) is 10.7. The Hall–Kier alpha value is -1.42. The maximum atomic E-state index is 5.49. The first-order valence-corrected chi connectivity index (χ1v) is 7.36. The molecule has 0 saturated heterocycles. The lowest BCUT2D eigenvalue weighted by Gasteiger charge is -2.29. The lowest BCUT2D eigenvalue weighted by molar-refractivity contribution is 0.237. The van der Waals surface area contributed by atoms with E-state index in [4.69, 9.17) is 14.2 Å². The first-order valence-electron chi connectivity index (χ1n) is 7.36. The SMILES string of the molecule is COc1ccc(CNCC(C)(C)C(C)C)c(OC)c1OC. The fourth-order valence-electron chi connectivity index (χ4n) is 2.03. The van der Waals surface area contributed by atoms with E-state index in [1.165, 1.54) is 0 Å². The molecule has 0 bridgehead atoms. The van der Waals surface area contributed by atoms with Gasteiger partial charge in [0.2, 0.25) is 5.75 Å². The highest BCUT2D eigenvalue weighted by atomic mass is 16.5. The molecule has 0 amide bonds. The fraction of sp³-hybridized carbons (Fsp3) is 0.647. The number of hydrogen-bond donors (Lipinski definition) is 1. The van der Waals surface area contributed by atoms with Gasteiger partial charge in [-0.05, 0) is 17.4 Å². The molecule has 0 heterocycles. The van der Waals surface area contributed by atoms with E-state index in [-0.39, 0.29) is 5.41 Å². The lowest BCUT2D eigenvalue weighted by Crippen LogP contribution is -2.33. The first kappa shape index (κ1) is 17.6. The summed E-state index contributed by atoms with van der Waals surface area (Å²) in [6, 6.07) is 3.92. The van der Waals surface area contributed by atoms with E-state index >= 15 is 0 Å². The average Bonchev–Trinajstić information content (AvgIpc) is 2.45. The molecule has 4 heteroatoms. The van der Waals surface area contributed by atoms with Crippen LogP contribution in [0, 0.1) is 11.3 Å². The minimum atomic E-state index is 0.254. The second-order valence-corrected chi connectivity index (χ2v) is 6.24. The summed E-state index contributed by atoms with van der Waals surface area (Å²) in [5, 5.41) is 3.51. The normalized spacial score (nSPS) is 11.6. The lowest BCUT2D eigenvalue weighted by atomic mass is 9.81. The molecule has 1 aromatic rings. The number of hydrogen-bond acceptors (Lipinski definition) is 4. The Balaban J connectivity index is 2.85. The Labute approximate surface area is 128 Å². The minimum absolute atomic E-state index is 0.254. The van der Waals surface area contributed by atoms with E-state index in [0.717, 1.165) is 24.4 Å². The zero-order chi connectivity index (χ0) is 16.0. The zero-order valence-corrected chi connectivity index (χ0v) is 14.4. The van der Waals surface area contributed by atoms with Gasteiger partial charge in [0.25, 0.3) is 0 Å². The maximum Gasteiger partial charge on any atom is 0.203 e. The van der Waals surface area contributed by atoms with Gasteiger partial charge in [0.1, 0.15) is 0 Å². The summed E-state index contributed by atoms with van der Waals surface area (Å²) in [7, 11) is 4.90. The molecule has 0 aromatic heterocycles. The van der Waals surface area contributed by atoms with Gasteiger partial charge in [0.05, 0.1) is 21.3 Å². The molecule has 1 N–H and O–H groups in total. The van der Waals surface area contributed by atoms with Crippen molar-refractivity contribution in [3.8, 4) is 17.2 Å². The predicted molar refractivity (Wildman–Crippen MR) is 86.4 cm³/mol. The van der Waals surface area contributed by atoms with Gasteiger partial charge in [-0.15, -0.1) is 0 Å². The quantitative estimate of drug-likeness (QED) is 0.797. The fourth-order valence-corrected chi connectivity index (χ4v) is 2.03. The Morgan fingerprint density at radius 3 is 2.10 bits per heavy atom. The van der Waals surface area contributed by atoms with Crippen LogP contribution in [0.25, 0.3) is 0 Å². The molecular formula is C17H29NO3. The molecule has 0 aliphatic heterocycles. The number of ether oxygens (including phenoxy) is 3. The van der Waals surface area contributed by atoms with Crippen LogP contribution in [-0.2, 0) is 6.54 Å². The van der Waals surface area contributed by atoms with E-state index in [2.05, 4.69) is 33.0 Å². The molecule has 0 atom stereocenters. The summed E-state index contributed by atoms with van der Waals surface area (Å²) in [5.41, 5.74) is 1.32. The van der Waals surface area contributed by atoms with E-state index in [9.17, 15) is 0 Å². The smallest absolute Gasteiger partial charge is 0.203 e. The van der Waals surface area contributed by atoms with Gasteiger partial charge in [-0.3, -0.25) is 0 Å². The van der Waals surface area contributed by atoms with Crippen molar-refractivity contribution in [2.75, 3.05) is 27.9 Å². The van der Waals surface area contributed by atoms with E-state index in [0.29, 0.717) is 17.4 Å². The summed E-state index contributed by atoms with van der Waals surface area (Å²) < 4.78 is 16.2. The van der Waals surface area contributed by atoms with Crippen LogP contribution in [-0.4, -0.2) is 27.9 Å². The number of methoxy groups -OCH3 is 3. The van der Waals surface area contributed by atoms with Crippen molar-refractivity contribution in [1.29, 1.82) is 0 Å². The summed E-state index contributed by atoms with van der Waals surface area (Å²) in [4.78, 5) is 0. The standard InChI is InChI=1S/C17H29NO3/c1-12(2)17(3,4)11-18-10-13-8-9-14(19-5)16(21-7)15(13)20-6/h8-9,12,18H,10-11H2,1-7H3. The van der Waals surface area contributed by atoms with Crippen molar-refractivity contribution in [1.82, 2.24) is 5.32 Å². The van der Waals surface area contributed by atoms with E-state index < -0.39 is 0 Å². The van der Waals surface area contributed by atoms with Crippen LogP contribution in [0.2, 0.25) is 0 Å². The average molecular weight is 295 g/mol. The highest BCUT2D eigenvalue weighted by molar-refractivity contribution is 5.55. The zero-order valence-electron chi connectivity index (χ0n) is 14.4. The second kappa shape index (κ2) is 7.55. The van der Waals surface area contributed by atoms with Gasteiger partial charge in [-0.2, -0.15) is 0 Å². The highest BCUT2D eigenvalue weighted by Gasteiger charge is 2.22. The van der Waals surface area contributed by atoms with Crippen LogP contribution in [0.5, 0.6) is 17.2 Å². The van der Waals surface area contributed by atoms with Crippen molar-refractivity contribution in [3.05, 3.63) is 17.7 Å². The molecule has 0 aliphatic carbocycles. The van der Waals surface area contributed by atoms with Gasteiger partial charge >= 0.3 is 0 Å². The van der Waals surface area contributed by atoms with Crippen LogP contribution in [0.1, 0.15) is 33.3 Å². The van der Waals surface area contributed by atoms with Crippen LogP contribution >= 0.6 is 0 Å². The third kappa shape index (κ3) is 4.27. The van der Waals surface area contributed by atoms with Gasteiger partial charge in [0, 0.05) is 18.7 Å².